The Hall–Kier alpha value is 0.177. The molecule has 0 bridgehead atoms. The lowest BCUT2D eigenvalue weighted by Gasteiger charge is -1.66. The lowest BCUT2D eigenvalue weighted by molar-refractivity contribution is 0.824. The minimum atomic E-state index is 0. The van der Waals surface area contributed by atoms with Crippen LogP contribution in [0, 0.1) is 0 Å². The van der Waals surface area contributed by atoms with E-state index in [0.29, 0.717) is 9.52 Å². The van der Waals surface area contributed by atoms with Gasteiger partial charge in [0.2, 0.25) is 0 Å². The molecule has 0 rings (SSSR count). The third-order valence-electron chi connectivity index (χ3n) is 0.500. The topological polar surface area (TPSA) is 31.5 Å². The molecule has 1 nitrogen and oxygen atoms in total. The molecule has 0 aromatic heterocycles. The minimum Gasteiger partial charge on any atom is -0.412 e. The van der Waals surface area contributed by atoms with Crippen LogP contribution in [0.25, 0.3) is 0 Å². The summed E-state index contributed by atoms with van der Waals surface area (Å²) in [6, 6.07) is 1.46. The molecule has 0 atom stereocenters. The van der Waals surface area contributed by atoms with E-state index in [2.05, 4.69) is 13.5 Å². The highest BCUT2D eigenvalue weighted by Crippen LogP contribution is 1.64. The number of hydrogen-bond donors (Lipinski definition) is 0. The zero-order chi connectivity index (χ0) is 3.41. The van der Waals surface area contributed by atoms with Gasteiger partial charge in [-0.1, -0.05) is 19.5 Å². The fourth-order valence-corrected chi connectivity index (χ4v) is 0. The summed E-state index contributed by atoms with van der Waals surface area (Å²) in [5, 5.41) is 0. The molecule has 0 fully saturated rings. The molecule has 2 heteroatoms. The average molecular weight is 92.2 g/mol. The first-order valence-electron chi connectivity index (χ1n) is 1.91. The molecule has 2 N–H and O–H groups in total. The Morgan fingerprint density at radius 1 is 1.60 bits per heavy atom. The van der Waals surface area contributed by atoms with Gasteiger partial charge in [-0.2, -0.15) is 0 Å². The second-order valence-corrected chi connectivity index (χ2v) is 3.00. The van der Waals surface area contributed by atoms with Gasteiger partial charge >= 0.3 is 0 Å². The van der Waals surface area contributed by atoms with E-state index in [4.69, 9.17) is 0 Å². The molecule has 0 aliphatic heterocycles. The minimum absolute atomic E-state index is 0. The first-order chi connectivity index (χ1) is 1.91. The van der Waals surface area contributed by atoms with E-state index in [-0.39, 0.29) is 5.48 Å². The third kappa shape index (κ3) is 14.3. The Bertz CT molecular complexity index is 8.85. The summed E-state index contributed by atoms with van der Waals surface area (Å²) >= 11 is 0. The molecule has 0 aromatic rings. The van der Waals surface area contributed by atoms with Crippen molar-refractivity contribution in [3.05, 3.63) is 0 Å². The Balaban J connectivity index is 0. The summed E-state index contributed by atoms with van der Waals surface area (Å²) in [5.41, 5.74) is 0. The van der Waals surface area contributed by atoms with Crippen LogP contribution in [0.1, 0.15) is 6.92 Å². The molecule has 0 unspecified atom stereocenters. The van der Waals surface area contributed by atoms with Gasteiger partial charge in [0.15, 0.2) is 0 Å². The molecule has 0 radical (unpaired) electrons. The van der Waals surface area contributed by atoms with Crippen molar-refractivity contribution in [2.24, 2.45) is 0 Å². The van der Waals surface area contributed by atoms with Gasteiger partial charge in [-0.25, -0.2) is 0 Å². The van der Waals surface area contributed by atoms with Crippen molar-refractivity contribution in [2.75, 3.05) is 0 Å². The van der Waals surface area contributed by atoms with Crippen LogP contribution in [0.15, 0.2) is 0 Å². The largest absolute Gasteiger partial charge is 0.412 e. The van der Waals surface area contributed by atoms with Crippen LogP contribution in [0.5, 0.6) is 0 Å². The van der Waals surface area contributed by atoms with Gasteiger partial charge in [-0.15, -0.1) is 0 Å². The fraction of sp³-hybridized carbons (Fsp3) is 1.00. The summed E-state index contributed by atoms with van der Waals surface area (Å²) < 4.78 is 0. The van der Waals surface area contributed by atoms with Crippen LogP contribution in [0.4, 0.5) is 0 Å². The van der Waals surface area contributed by atoms with Crippen molar-refractivity contribution >= 4 is 9.52 Å². The Morgan fingerprint density at radius 3 is 1.80 bits per heavy atom. The number of hydrogen-bond acceptors (Lipinski definition) is 0. The predicted octanol–water partition coefficient (Wildman–Crippen LogP) is -0.183. The van der Waals surface area contributed by atoms with Gasteiger partial charge < -0.3 is 5.48 Å². The molecule has 34 valence electrons. The van der Waals surface area contributed by atoms with Crippen molar-refractivity contribution in [1.82, 2.24) is 0 Å². The van der Waals surface area contributed by atoms with Crippen LogP contribution in [0.2, 0.25) is 12.6 Å². The Labute approximate surface area is 35.5 Å². The van der Waals surface area contributed by atoms with E-state index in [1.165, 1.54) is 6.04 Å². The highest BCUT2D eigenvalue weighted by Gasteiger charge is 1.58. The molecule has 0 aliphatic rings. The number of rotatable bonds is 1. The first kappa shape index (κ1) is 8.95. The molecule has 0 aliphatic carbocycles. The Morgan fingerprint density at radius 2 is 1.80 bits per heavy atom. The van der Waals surface area contributed by atoms with Crippen molar-refractivity contribution in [1.29, 1.82) is 0 Å². The van der Waals surface area contributed by atoms with Crippen LogP contribution in [-0.2, 0) is 0 Å². The molecule has 0 saturated carbocycles. The summed E-state index contributed by atoms with van der Waals surface area (Å²) in [4.78, 5) is 0. The molecular formula is C3H12OSi. The molecule has 0 heterocycles. The lowest BCUT2D eigenvalue weighted by atomic mass is 11.0. The maximum atomic E-state index is 2.32. The molecule has 5 heavy (non-hydrogen) atoms. The van der Waals surface area contributed by atoms with Crippen molar-refractivity contribution in [3.63, 3.8) is 0 Å². The van der Waals surface area contributed by atoms with Crippen molar-refractivity contribution < 1.29 is 5.48 Å². The smallest absolute Gasteiger partial charge is 0.0163 e. The molecule has 0 spiro atoms. The normalized spacial score (nSPS) is 8.40. The third-order valence-corrected chi connectivity index (χ3v) is 1.50. The average Bonchev–Trinajstić information content (AvgIpc) is 1.37. The molecular weight excluding hydrogens is 80.1 g/mol. The highest BCUT2D eigenvalue weighted by atomic mass is 28.2. The van der Waals surface area contributed by atoms with E-state index in [9.17, 15) is 0 Å². The quantitative estimate of drug-likeness (QED) is 0.402. The van der Waals surface area contributed by atoms with Crippen LogP contribution < -0.4 is 0 Å². The van der Waals surface area contributed by atoms with Crippen LogP contribution in [-0.4, -0.2) is 15.0 Å². The van der Waals surface area contributed by atoms with Crippen molar-refractivity contribution in [2.45, 2.75) is 19.5 Å². The van der Waals surface area contributed by atoms with Crippen LogP contribution >= 0.6 is 0 Å². The second kappa shape index (κ2) is 8.90. The summed E-state index contributed by atoms with van der Waals surface area (Å²) in [7, 11) is 0.424. The SMILES string of the molecule is CC[SiH2]C.O. The van der Waals surface area contributed by atoms with Crippen molar-refractivity contribution in [3.8, 4) is 0 Å². The van der Waals surface area contributed by atoms with Gasteiger partial charge in [0.05, 0.1) is 0 Å². The van der Waals surface area contributed by atoms with Gasteiger partial charge in [0, 0.05) is 9.52 Å². The molecule has 0 aromatic carbocycles. The van der Waals surface area contributed by atoms with E-state index in [0.717, 1.165) is 0 Å². The lowest BCUT2D eigenvalue weighted by Crippen LogP contribution is -1.67. The highest BCUT2D eigenvalue weighted by molar-refractivity contribution is 6.33. The summed E-state index contributed by atoms with van der Waals surface area (Å²) in [6.45, 7) is 4.56. The first-order valence-corrected chi connectivity index (χ1v) is 4.33. The maximum absolute atomic E-state index is 2.32. The summed E-state index contributed by atoms with van der Waals surface area (Å²) in [6.07, 6.45) is 0. The van der Waals surface area contributed by atoms with Gasteiger partial charge in [0.1, 0.15) is 0 Å². The van der Waals surface area contributed by atoms with Gasteiger partial charge in [-0.05, 0) is 0 Å². The van der Waals surface area contributed by atoms with E-state index >= 15 is 0 Å². The fourth-order valence-electron chi connectivity index (χ4n) is 0. The van der Waals surface area contributed by atoms with E-state index in [1.54, 1.807) is 0 Å². The standard InChI is InChI=1S/C3H10Si.H2O/c1-3-4-2;/h3-4H2,1-2H3;1H2. The van der Waals surface area contributed by atoms with Gasteiger partial charge in [-0.3, -0.25) is 0 Å². The molecule has 0 saturated heterocycles. The second-order valence-electron chi connectivity index (χ2n) is 1.000. The van der Waals surface area contributed by atoms with E-state index in [1.807, 2.05) is 0 Å². The van der Waals surface area contributed by atoms with E-state index < -0.39 is 0 Å². The monoisotopic (exact) mass is 92.1 g/mol. The zero-order valence-electron chi connectivity index (χ0n) is 3.91. The maximum Gasteiger partial charge on any atom is 0.0163 e. The van der Waals surface area contributed by atoms with Crippen LogP contribution in [0.3, 0.4) is 0 Å². The predicted molar refractivity (Wildman–Crippen MR) is 28.5 cm³/mol. The Kier molecular flexibility index (Phi) is 15.9. The van der Waals surface area contributed by atoms with Gasteiger partial charge in [0.25, 0.3) is 0 Å². The summed E-state index contributed by atoms with van der Waals surface area (Å²) in [5.74, 6) is 0. The molecule has 0 amide bonds. The zero-order valence-corrected chi connectivity index (χ0v) is 5.33.